The fraction of sp³-hybridized carbons (Fsp3) is 0.875. The molecule has 1 fully saturated rings. The van der Waals surface area contributed by atoms with Gasteiger partial charge in [0.05, 0.1) is 6.42 Å². The molecule has 1 saturated carbocycles. The van der Waals surface area contributed by atoms with Gasteiger partial charge in [-0.2, -0.15) is 0 Å². The fourth-order valence-electron chi connectivity index (χ4n) is 0.746. The van der Waals surface area contributed by atoms with Crippen LogP contribution in [0.2, 0.25) is 0 Å². The lowest BCUT2D eigenvalue weighted by atomic mass is 10.4. The number of hydrogen-bond donors (Lipinski definition) is 0. The highest BCUT2D eigenvalue weighted by molar-refractivity contribution is 5.69. The molecule has 0 aliphatic heterocycles. The Hall–Kier alpha value is -0.570. The summed E-state index contributed by atoms with van der Waals surface area (Å²) in [7, 11) is 3.90. The average Bonchev–Trinajstić information content (AvgIpc) is 2.67. The molecule has 0 atom stereocenters. The van der Waals surface area contributed by atoms with E-state index >= 15 is 0 Å². The van der Waals surface area contributed by atoms with Crippen LogP contribution in [0.5, 0.6) is 0 Å². The standard InChI is InChI=1S/C8H15NO2/c1-9(2)6-5-8(10)11-7-3-4-7/h7H,3-6H2,1-2H3. The Morgan fingerprint density at radius 3 is 2.64 bits per heavy atom. The van der Waals surface area contributed by atoms with E-state index in [9.17, 15) is 4.79 Å². The van der Waals surface area contributed by atoms with Crippen molar-refractivity contribution in [2.75, 3.05) is 20.6 Å². The molecule has 0 aromatic carbocycles. The number of esters is 1. The zero-order valence-electron chi connectivity index (χ0n) is 7.17. The van der Waals surface area contributed by atoms with Gasteiger partial charge in [0.15, 0.2) is 0 Å². The second-order valence-corrected chi connectivity index (χ2v) is 3.24. The Morgan fingerprint density at radius 1 is 1.55 bits per heavy atom. The van der Waals surface area contributed by atoms with E-state index in [0.717, 1.165) is 19.4 Å². The third-order valence-electron chi connectivity index (χ3n) is 1.59. The van der Waals surface area contributed by atoms with Gasteiger partial charge in [-0.1, -0.05) is 0 Å². The Labute approximate surface area is 67.3 Å². The molecule has 0 amide bonds. The van der Waals surface area contributed by atoms with Crippen molar-refractivity contribution in [2.45, 2.75) is 25.4 Å². The molecule has 3 nitrogen and oxygen atoms in total. The van der Waals surface area contributed by atoms with Crippen LogP contribution in [0.25, 0.3) is 0 Å². The van der Waals surface area contributed by atoms with Crippen molar-refractivity contribution in [2.24, 2.45) is 0 Å². The first kappa shape index (κ1) is 8.53. The molecule has 0 aromatic rings. The van der Waals surface area contributed by atoms with E-state index in [2.05, 4.69) is 0 Å². The second-order valence-electron chi connectivity index (χ2n) is 3.24. The van der Waals surface area contributed by atoms with Crippen molar-refractivity contribution < 1.29 is 9.53 Å². The summed E-state index contributed by atoms with van der Waals surface area (Å²) in [6, 6.07) is 0. The van der Waals surface area contributed by atoms with Gasteiger partial charge in [-0.15, -0.1) is 0 Å². The lowest BCUT2D eigenvalue weighted by Gasteiger charge is -2.08. The van der Waals surface area contributed by atoms with Gasteiger partial charge in [-0.25, -0.2) is 0 Å². The molecule has 0 N–H and O–H groups in total. The van der Waals surface area contributed by atoms with Crippen LogP contribution in [0.4, 0.5) is 0 Å². The molecule has 0 saturated heterocycles. The SMILES string of the molecule is CN(C)CCC(=O)OC1CC1. The Bertz CT molecular complexity index is 141. The predicted octanol–water partition coefficient (Wildman–Crippen LogP) is 0.644. The maximum Gasteiger partial charge on any atom is 0.307 e. The van der Waals surface area contributed by atoms with Crippen LogP contribution >= 0.6 is 0 Å². The number of ether oxygens (including phenoxy) is 1. The highest BCUT2D eigenvalue weighted by Gasteiger charge is 2.25. The smallest absolute Gasteiger partial charge is 0.307 e. The van der Waals surface area contributed by atoms with Gasteiger partial charge in [0.1, 0.15) is 6.10 Å². The van der Waals surface area contributed by atoms with Gasteiger partial charge in [-0.05, 0) is 26.9 Å². The highest BCUT2D eigenvalue weighted by Crippen LogP contribution is 2.23. The molecule has 64 valence electrons. The van der Waals surface area contributed by atoms with E-state index in [0.29, 0.717) is 6.42 Å². The van der Waals surface area contributed by atoms with Crippen LogP contribution in [0.1, 0.15) is 19.3 Å². The van der Waals surface area contributed by atoms with Crippen LogP contribution in [0, 0.1) is 0 Å². The topological polar surface area (TPSA) is 29.5 Å². The minimum atomic E-state index is -0.0544. The summed E-state index contributed by atoms with van der Waals surface area (Å²) < 4.78 is 5.05. The third kappa shape index (κ3) is 3.98. The molecule has 0 unspecified atom stereocenters. The van der Waals surface area contributed by atoms with Gasteiger partial charge < -0.3 is 9.64 Å². The van der Waals surface area contributed by atoms with Crippen LogP contribution in [0.3, 0.4) is 0 Å². The minimum absolute atomic E-state index is 0.0544. The molecule has 0 radical (unpaired) electrons. The first-order valence-corrected chi connectivity index (χ1v) is 4.02. The molecular weight excluding hydrogens is 142 g/mol. The van der Waals surface area contributed by atoms with Gasteiger partial charge in [0, 0.05) is 6.54 Å². The van der Waals surface area contributed by atoms with E-state index in [1.54, 1.807) is 0 Å². The predicted molar refractivity (Wildman–Crippen MR) is 42.3 cm³/mol. The van der Waals surface area contributed by atoms with Crippen molar-refractivity contribution in [3.63, 3.8) is 0 Å². The molecule has 1 aliphatic rings. The largest absolute Gasteiger partial charge is 0.462 e. The van der Waals surface area contributed by atoms with Crippen molar-refractivity contribution >= 4 is 5.97 Å². The maximum absolute atomic E-state index is 10.9. The molecule has 1 rings (SSSR count). The van der Waals surface area contributed by atoms with E-state index in [1.807, 2.05) is 19.0 Å². The number of carbonyl (C=O) groups is 1. The zero-order valence-corrected chi connectivity index (χ0v) is 7.17. The molecule has 0 spiro atoms. The zero-order chi connectivity index (χ0) is 8.27. The summed E-state index contributed by atoms with van der Waals surface area (Å²) in [5, 5.41) is 0. The fourth-order valence-corrected chi connectivity index (χ4v) is 0.746. The number of nitrogens with zero attached hydrogens (tertiary/aromatic N) is 1. The molecule has 11 heavy (non-hydrogen) atoms. The lowest BCUT2D eigenvalue weighted by molar-refractivity contribution is -0.145. The second kappa shape index (κ2) is 3.72. The first-order chi connectivity index (χ1) is 5.18. The highest BCUT2D eigenvalue weighted by atomic mass is 16.5. The summed E-state index contributed by atoms with van der Waals surface area (Å²) in [5.74, 6) is -0.0544. The van der Waals surface area contributed by atoms with Crippen LogP contribution < -0.4 is 0 Å². The normalized spacial score (nSPS) is 17.0. The van der Waals surface area contributed by atoms with Crippen molar-refractivity contribution in [3.05, 3.63) is 0 Å². The molecule has 0 bridgehead atoms. The summed E-state index contributed by atoms with van der Waals surface area (Å²) in [4.78, 5) is 12.9. The van der Waals surface area contributed by atoms with Gasteiger partial charge >= 0.3 is 5.97 Å². The van der Waals surface area contributed by atoms with Gasteiger partial charge in [0.2, 0.25) is 0 Å². The van der Waals surface area contributed by atoms with Crippen molar-refractivity contribution in [1.29, 1.82) is 0 Å². The molecule has 3 heteroatoms. The Morgan fingerprint density at radius 2 is 2.18 bits per heavy atom. The lowest BCUT2D eigenvalue weighted by Crippen LogP contribution is -2.18. The average molecular weight is 157 g/mol. The third-order valence-corrected chi connectivity index (χ3v) is 1.59. The van der Waals surface area contributed by atoms with Crippen molar-refractivity contribution in [1.82, 2.24) is 4.90 Å². The monoisotopic (exact) mass is 157 g/mol. The Kier molecular flexibility index (Phi) is 2.88. The Balaban J connectivity index is 2.00. The first-order valence-electron chi connectivity index (χ1n) is 4.02. The summed E-state index contributed by atoms with van der Waals surface area (Å²) >= 11 is 0. The van der Waals surface area contributed by atoms with Crippen LogP contribution in [-0.4, -0.2) is 37.6 Å². The number of carbonyl (C=O) groups excluding carboxylic acids is 1. The summed E-state index contributed by atoms with van der Waals surface area (Å²) in [5.41, 5.74) is 0. The quantitative estimate of drug-likeness (QED) is 0.561. The minimum Gasteiger partial charge on any atom is -0.462 e. The van der Waals surface area contributed by atoms with E-state index in [1.165, 1.54) is 0 Å². The summed E-state index contributed by atoms with van der Waals surface area (Å²) in [6.07, 6.45) is 2.90. The van der Waals surface area contributed by atoms with Gasteiger partial charge in [0.25, 0.3) is 0 Å². The van der Waals surface area contributed by atoms with Crippen LogP contribution in [0.15, 0.2) is 0 Å². The number of rotatable bonds is 4. The van der Waals surface area contributed by atoms with Crippen LogP contribution in [-0.2, 0) is 9.53 Å². The van der Waals surface area contributed by atoms with Gasteiger partial charge in [-0.3, -0.25) is 4.79 Å². The van der Waals surface area contributed by atoms with E-state index < -0.39 is 0 Å². The van der Waals surface area contributed by atoms with E-state index in [-0.39, 0.29) is 12.1 Å². The number of hydrogen-bond acceptors (Lipinski definition) is 3. The summed E-state index contributed by atoms with van der Waals surface area (Å²) in [6.45, 7) is 0.783. The molecule has 0 heterocycles. The molecule has 0 aromatic heterocycles. The maximum atomic E-state index is 10.9. The molecule has 1 aliphatic carbocycles. The molecular formula is C8H15NO2. The van der Waals surface area contributed by atoms with Crippen molar-refractivity contribution in [3.8, 4) is 0 Å². The van der Waals surface area contributed by atoms with E-state index in [4.69, 9.17) is 4.74 Å².